The van der Waals surface area contributed by atoms with Crippen molar-refractivity contribution in [3.05, 3.63) is 47.1 Å². The summed E-state index contributed by atoms with van der Waals surface area (Å²) in [6.07, 6.45) is 43.9. The molecule has 1 aromatic carbocycles. The number of rotatable bonds is 32. The summed E-state index contributed by atoms with van der Waals surface area (Å²) in [6.45, 7) is 13.6. The van der Waals surface area contributed by atoms with E-state index in [2.05, 4.69) is 95.4 Å². The van der Waals surface area contributed by atoms with E-state index in [9.17, 15) is 0 Å². The van der Waals surface area contributed by atoms with E-state index >= 15 is 0 Å². The molecule has 0 aliphatic carbocycles. The van der Waals surface area contributed by atoms with Gasteiger partial charge in [0.05, 0.1) is 13.2 Å². The maximum absolute atomic E-state index is 6.72. The third kappa shape index (κ3) is 22.0. The molecule has 2 rings (SSSR count). The van der Waals surface area contributed by atoms with Crippen LogP contribution >= 0.6 is 10.6 Å². The fourth-order valence-corrected chi connectivity index (χ4v) is 8.36. The van der Waals surface area contributed by atoms with Crippen molar-refractivity contribution in [3.8, 4) is 23.8 Å². The second-order valence-corrected chi connectivity index (χ2v) is 19.3. The molecule has 0 saturated heterocycles. The zero-order valence-corrected chi connectivity index (χ0v) is 37.2. The lowest BCUT2D eigenvalue weighted by atomic mass is 9.87. The standard InChI is InChI=1S/C48H83NO4S/c1-10-13-14-15-16-17-18-19-20-21-22-23-24-25-28-33-46(53-54(8,9)50-39-30-27-26-29-38-49(7)37-11-2)51-45-40-43(5)47-44(41-45)34-36-48(6,52-47)35-31-32-42(4)12-3/h2,19-20,32,40-41,46H,10,12-18,21-31,33-39H2,1,3-9H3/b20-19-,42-32+. The van der Waals surface area contributed by atoms with Crippen molar-refractivity contribution in [2.45, 2.75) is 194 Å². The van der Waals surface area contributed by atoms with Gasteiger partial charge in [-0.25, -0.2) is 4.18 Å². The van der Waals surface area contributed by atoms with Gasteiger partial charge in [-0.15, -0.1) is 6.42 Å². The van der Waals surface area contributed by atoms with Gasteiger partial charge in [-0.3, -0.25) is 9.08 Å². The highest BCUT2D eigenvalue weighted by molar-refractivity contribution is 8.24. The maximum atomic E-state index is 6.72. The lowest BCUT2D eigenvalue weighted by Crippen LogP contribution is -2.36. The first-order valence-corrected chi connectivity index (χ1v) is 24.3. The van der Waals surface area contributed by atoms with Crippen LogP contribution in [-0.4, -0.2) is 56.0 Å². The molecule has 2 atom stereocenters. The number of hydrogen-bond acceptors (Lipinski definition) is 5. The van der Waals surface area contributed by atoms with Crippen LogP contribution in [0, 0.1) is 19.3 Å². The maximum Gasteiger partial charge on any atom is 0.220 e. The highest BCUT2D eigenvalue weighted by atomic mass is 32.3. The van der Waals surface area contributed by atoms with E-state index in [0.29, 0.717) is 13.2 Å². The zero-order chi connectivity index (χ0) is 39.5. The first-order chi connectivity index (χ1) is 26.0. The molecule has 54 heavy (non-hydrogen) atoms. The molecule has 0 spiro atoms. The van der Waals surface area contributed by atoms with Crippen LogP contribution in [0.5, 0.6) is 11.5 Å². The van der Waals surface area contributed by atoms with Crippen molar-refractivity contribution in [1.29, 1.82) is 0 Å². The number of terminal acetylenes is 1. The molecule has 1 aromatic rings. The Kier molecular flexibility index (Phi) is 25.4. The summed E-state index contributed by atoms with van der Waals surface area (Å²) in [6, 6.07) is 4.34. The Bertz CT molecular complexity index is 1240. The Morgan fingerprint density at radius 2 is 1.57 bits per heavy atom. The molecule has 0 bridgehead atoms. The molecular weight excluding hydrogens is 687 g/mol. The van der Waals surface area contributed by atoms with Crippen molar-refractivity contribution in [2.75, 3.05) is 39.3 Å². The smallest absolute Gasteiger partial charge is 0.220 e. The fourth-order valence-electron chi connectivity index (χ4n) is 7.13. The van der Waals surface area contributed by atoms with E-state index in [1.165, 1.54) is 94.6 Å². The van der Waals surface area contributed by atoms with Gasteiger partial charge in [0.1, 0.15) is 17.1 Å². The van der Waals surface area contributed by atoms with Gasteiger partial charge in [0.15, 0.2) is 0 Å². The molecule has 2 unspecified atom stereocenters. The molecule has 1 heterocycles. The van der Waals surface area contributed by atoms with Crippen LogP contribution in [0.2, 0.25) is 0 Å². The van der Waals surface area contributed by atoms with E-state index in [-0.39, 0.29) is 11.9 Å². The fraction of sp³-hybridized carbons (Fsp3) is 0.750. The summed E-state index contributed by atoms with van der Waals surface area (Å²) in [5.74, 6) is 4.64. The number of unbranched alkanes of at least 4 members (excludes halogenated alkanes) is 14. The number of hydrogen-bond donors (Lipinski definition) is 0. The average Bonchev–Trinajstić information content (AvgIpc) is 3.13. The summed E-state index contributed by atoms with van der Waals surface area (Å²) in [5, 5.41) is 0. The third-order valence-electron chi connectivity index (χ3n) is 10.8. The predicted molar refractivity (Wildman–Crippen MR) is 237 cm³/mol. The van der Waals surface area contributed by atoms with E-state index in [0.717, 1.165) is 87.8 Å². The number of fused-ring (bicyclic) bond motifs is 1. The first kappa shape index (κ1) is 48.2. The largest absolute Gasteiger partial charge is 0.487 e. The van der Waals surface area contributed by atoms with Crippen LogP contribution < -0.4 is 9.47 Å². The molecular formula is C48H83NO4S. The van der Waals surface area contributed by atoms with Crippen molar-refractivity contribution >= 4 is 10.6 Å². The Hall–Kier alpha value is -1.91. The molecule has 0 saturated carbocycles. The van der Waals surface area contributed by atoms with E-state index in [1.807, 2.05) is 0 Å². The summed E-state index contributed by atoms with van der Waals surface area (Å²) in [4.78, 5) is 2.20. The number of nitrogens with zero attached hydrogens (tertiary/aromatic N) is 1. The minimum atomic E-state index is -1.74. The lowest BCUT2D eigenvalue weighted by Gasteiger charge is -2.39. The van der Waals surface area contributed by atoms with Crippen LogP contribution in [0.4, 0.5) is 0 Å². The summed E-state index contributed by atoms with van der Waals surface area (Å²) < 4.78 is 26.5. The molecule has 6 heteroatoms. The van der Waals surface area contributed by atoms with E-state index in [1.54, 1.807) is 0 Å². The Balaban J connectivity index is 1.90. The third-order valence-corrected chi connectivity index (χ3v) is 12.2. The lowest BCUT2D eigenvalue weighted by molar-refractivity contribution is -0.000824. The number of benzene rings is 1. The van der Waals surface area contributed by atoms with Gasteiger partial charge in [-0.2, -0.15) is 10.6 Å². The van der Waals surface area contributed by atoms with Gasteiger partial charge >= 0.3 is 0 Å². The summed E-state index contributed by atoms with van der Waals surface area (Å²) in [5.41, 5.74) is 3.71. The molecule has 1 aliphatic rings. The van der Waals surface area contributed by atoms with Gasteiger partial charge in [-0.1, -0.05) is 108 Å². The normalized spacial score (nSPS) is 17.1. The predicted octanol–water partition coefficient (Wildman–Crippen LogP) is 14.0. The molecule has 0 radical (unpaired) electrons. The van der Waals surface area contributed by atoms with Gasteiger partial charge in [0, 0.05) is 18.9 Å². The highest BCUT2D eigenvalue weighted by Crippen LogP contribution is 2.46. The molecule has 1 aliphatic heterocycles. The summed E-state index contributed by atoms with van der Waals surface area (Å²) >= 11 is 0. The minimum absolute atomic E-state index is 0.136. The Morgan fingerprint density at radius 1 is 0.926 bits per heavy atom. The van der Waals surface area contributed by atoms with Crippen LogP contribution in [0.15, 0.2) is 35.9 Å². The van der Waals surface area contributed by atoms with Gasteiger partial charge in [-0.05, 0) is 135 Å². The minimum Gasteiger partial charge on any atom is -0.487 e. The Morgan fingerprint density at radius 3 is 2.26 bits per heavy atom. The van der Waals surface area contributed by atoms with Crippen molar-refractivity contribution < 1.29 is 17.8 Å². The van der Waals surface area contributed by atoms with Crippen molar-refractivity contribution in [2.24, 2.45) is 0 Å². The van der Waals surface area contributed by atoms with Gasteiger partial charge in [0.2, 0.25) is 6.29 Å². The zero-order valence-electron chi connectivity index (χ0n) is 36.4. The quantitative estimate of drug-likeness (QED) is 0.0316. The number of aryl methyl sites for hydroxylation is 2. The molecule has 0 aromatic heterocycles. The van der Waals surface area contributed by atoms with Crippen LogP contribution in [0.3, 0.4) is 0 Å². The number of ether oxygens (including phenoxy) is 2. The molecule has 0 N–H and O–H groups in total. The van der Waals surface area contributed by atoms with Crippen molar-refractivity contribution in [3.63, 3.8) is 0 Å². The molecule has 0 fully saturated rings. The van der Waals surface area contributed by atoms with Crippen molar-refractivity contribution in [1.82, 2.24) is 4.90 Å². The first-order valence-electron chi connectivity index (χ1n) is 22.0. The summed E-state index contributed by atoms with van der Waals surface area (Å²) in [7, 11) is 0.351. The van der Waals surface area contributed by atoms with Crippen LogP contribution in [0.1, 0.15) is 180 Å². The Labute approximate surface area is 336 Å². The molecule has 0 amide bonds. The second kappa shape index (κ2) is 28.5. The highest BCUT2D eigenvalue weighted by Gasteiger charge is 2.32. The average molecular weight is 770 g/mol. The molecule has 310 valence electrons. The second-order valence-electron chi connectivity index (χ2n) is 16.6. The van der Waals surface area contributed by atoms with Gasteiger partial charge in [0.25, 0.3) is 0 Å². The van der Waals surface area contributed by atoms with Gasteiger partial charge < -0.3 is 9.47 Å². The van der Waals surface area contributed by atoms with Crippen LogP contribution in [0.25, 0.3) is 0 Å². The van der Waals surface area contributed by atoms with E-state index < -0.39 is 10.6 Å². The topological polar surface area (TPSA) is 40.2 Å². The van der Waals surface area contributed by atoms with Crippen LogP contribution in [-0.2, 0) is 14.8 Å². The SMILES string of the molecule is C#CCN(C)CCCCCCOS(C)(C)OC(CCCCCCC/C=C\CCCCCCCC)Oc1cc(C)c2c(c1)CCC(C)(CC/C=C(\C)CC)O2. The van der Waals surface area contributed by atoms with E-state index in [4.69, 9.17) is 24.3 Å². The monoisotopic (exact) mass is 770 g/mol. The molecule has 5 nitrogen and oxygen atoms in total. The number of allylic oxidation sites excluding steroid dienone is 4.